The number of anilines is 1. The number of hydrogen-bond acceptors (Lipinski definition) is 3. The second kappa shape index (κ2) is 7.60. The van der Waals surface area contributed by atoms with Crippen LogP contribution in [-0.4, -0.2) is 16.1 Å². The number of aromatic nitrogens is 2. The number of fused-ring (bicyclic) bond motifs is 1. The Balaban J connectivity index is 1.59. The van der Waals surface area contributed by atoms with E-state index in [0.717, 1.165) is 38.3 Å². The largest absolute Gasteiger partial charge is 0.326 e. The number of rotatable bonds is 5. The van der Waals surface area contributed by atoms with E-state index in [1.165, 1.54) is 0 Å². The minimum absolute atomic E-state index is 0.00947. The molecular weight excluding hydrogens is 354 g/mol. The van der Waals surface area contributed by atoms with Crippen molar-refractivity contribution in [2.75, 3.05) is 5.32 Å². The Labute approximate surface area is 161 Å². The van der Waals surface area contributed by atoms with E-state index in [1.54, 1.807) is 11.3 Å². The third-order valence-electron chi connectivity index (χ3n) is 4.36. The van der Waals surface area contributed by atoms with Crippen molar-refractivity contribution in [3.63, 3.8) is 0 Å². The molecule has 0 aliphatic carbocycles. The monoisotopic (exact) mass is 373 g/mol. The van der Waals surface area contributed by atoms with Crippen LogP contribution in [0.1, 0.15) is 21.7 Å². The fraction of sp³-hybridized carbons (Fsp3) is 0.0909. The van der Waals surface area contributed by atoms with Gasteiger partial charge in [0, 0.05) is 16.0 Å². The van der Waals surface area contributed by atoms with E-state index in [1.807, 2.05) is 79.1 Å². The Hall–Kier alpha value is -3.18. The Kier molecular flexibility index (Phi) is 4.85. The predicted molar refractivity (Wildman–Crippen MR) is 113 cm³/mol. The molecule has 0 aliphatic heterocycles. The Morgan fingerprint density at radius 3 is 2.78 bits per heavy atom. The van der Waals surface area contributed by atoms with E-state index in [9.17, 15) is 4.79 Å². The number of carbonyl (C=O) groups excluding carboxylic acids is 1. The van der Waals surface area contributed by atoms with Crippen molar-refractivity contribution >= 4 is 46.0 Å². The number of benzene rings is 2. The molecule has 27 heavy (non-hydrogen) atoms. The maximum Gasteiger partial charge on any atom is 0.229 e. The molecule has 0 saturated heterocycles. The first kappa shape index (κ1) is 17.2. The molecule has 2 aromatic carbocycles. The van der Waals surface area contributed by atoms with Gasteiger partial charge in [0.05, 0.1) is 17.6 Å². The van der Waals surface area contributed by atoms with Gasteiger partial charge in [-0.3, -0.25) is 9.89 Å². The molecule has 0 spiro atoms. The molecule has 1 amide bonds. The summed E-state index contributed by atoms with van der Waals surface area (Å²) in [5.74, 6) is -0.00947. The van der Waals surface area contributed by atoms with Gasteiger partial charge >= 0.3 is 0 Å². The van der Waals surface area contributed by atoms with Crippen molar-refractivity contribution in [2.24, 2.45) is 0 Å². The highest BCUT2D eigenvalue weighted by Gasteiger charge is 2.11. The number of aryl methyl sites for hydroxylation is 1. The van der Waals surface area contributed by atoms with Gasteiger partial charge in [0.25, 0.3) is 0 Å². The van der Waals surface area contributed by atoms with Gasteiger partial charge in [-0.15, -0.1) is 11.3 Å². The number of H-pyrrole nitrogens is 1. The van der Waals surface area contributed by atoms with Crippen molar-refractivity contribution in [2.45, 2.75) is 13.3 Å². The van der Waals surface area contributed by atoms with Crippen LogP contribution in [0.25, 0.3) is 23.1 Å². The number of nitrogens with zero attached hydrogens (tertiary/aromatic N) is 1. The van der Waals surface area contributed by atoms with Crippen molar-refractivity contribution < 1.29 is 4.79 Å². The van der Waals surface area contributed by atoms with Crippen LogP contribution >= 0.6 is 11.3 Å². The van der Waals surface area contributed by atoms with E-state index in [2.05, 4.69) is 15.5 Å². The lowest BCUT2D eigenvalue weighted by molar-refractivity contribution is -0.115. The number of carbonyl (C=O) groups is 1. The summed E-state index contributed by atoms with van der Waals surface area (Å²) in [4.78, 5) is 13.4. The minimum atomic E-state index is -0.00947. The van der Waals surface area contributed by atoms with Crippen molar-refractivity contribution in [1.82, 2.24) is 10.2 Å². The molecular formula is C22H19N3OS. The summed E-state index contributed by atoms with van der Waals surface area (Å²) in [6.07, 6.45) is 4.41. The van der Waals surface area contributed by atoms with E-state index in [4.69, 9.17) is 0 Å². The molecule has 0 bridgehead atoms. The number of amides is 1. The molecule has 2 N–H and O–H groups in total. The molecule has 4 rings (SSSR count). The lowest BCUT2D eigenvalue weighted by Gasteiger charge is -2.08. The van der Waals surface area contributed by atoms with Crippen LogP contribution in [0.2, 0.25) is 0 Å². The van der Waals surface area contributed by atoms with E-state index in [0.29, 0.717) is 6.42 Å². The van der Waals surface area contributed by atoms with Gasteiger partial charge in [0.15, 0.2) is 0 Å². The molecule has 134 valence electrons. The van der Waals surface area contributed by atoms with Gasteiger partial charge in [-0.05, 0) is 47.7 Å². The van der Waals surface area contributed by atoms with Crippen LogP contribution in [0, 0.1) is 6.92 Å². The fourth-order valence-corrected chi connectivity index (χ4v) is 3.66. The first-order valence-corrected chi connectivity index (χ1v) is 9.61. The molecule has 0 aliphatic rings. The molecule has 0 fully saturated rings. The second-order valence-corrected chi connectivity index (χ2v) is 7.40. The third-order valence-corrected chi connectivity index (χ3v) is 5.24. The van der Waals surface area contributed by atoms with Crippen molar-refractivity contribution in [3.05, 3.63) is 81.7 Å². The smallest absolute Gasteiger partial charge is 0.229 e. The maximum atomic E-state index is 12.4. The molecule has 0 saturated carbocycles. The van der Waals surface area contributed by atoms with Crippen LogP contribution in [-0.2, 0) is 11.2 Å². The molecule has 0 atom stereocenters. The second-order valence-electron chi connectivity index (χ2n) is 6.37. The number of nitrogens with one attached hydrogen (secondary N) is 2. The van der Waals surface area contributed by atoms with E-state index >= 15 is 0 Å². The highest BCUT2D eigenvalue weighted by Crippen LogP contribution is 2.26. The van der Waals surface area contributed by atoms with Crippen LogP contribution in [0.4, 0.5) is 5.69 Å². The van der Waals surface area contributed by atoms with Crippen molar-refractivity contribution in [1.29, 1.82) is 0 Å². The molecule has 4 aromatic rings. The molecule has 4 nitrogen and oxygen atoms in total. The molecule has 5 heteroatoms. The molecule has 0 unspecified atom stereocenters. The number of hydrogen-bond donors (Lipinski definition) is 2. The number of thiophene rings is 1. The summed E-state index contributed by atoms with van der Waals surface area (Å²) < 4.78 is 0. The lowest BCUT2D eigenvalue weighted by atomic mass is 10.1. The van der Waals surface area contributed by atoms with E-state index < -0.39 is 0 Å². The van der Waals surface area contributed by atoms with Gasteiger partial charge in [0.2, 0.25) is 5.91 Å². The van der Waals surface area contributed by atoms with Crippen LogP contribution < -0.4 is 5.32 Å². The molecule has 0 radical (unpaired) electrons. The summed E-state index contributed by atoms with van der Waals surface area (Å²) >= 11 is 1.59. The topological polar surface area (TPSA) is 57.8 Å². The Bertz CT molecular complexity index is 1100. The third kappa shape index (κ3) is 3.99. The highest BCUT2D eigenvalue weighted by atomic mass is 32.1. The zero-order valence-corrected chi connectivity index (χ0v) is 15.7. The fourth-order valence-electron chi connectivity index (χ4n) is 2.96. The maximum absolute atomic E-state index is 12.4. The highest BCUT2D eigenvalue weighted by molar-refractivity contribution is 7.10. The predicted octanol–water partition coefficient (Wildman–Crippen LogP) is 5.28. The standard InChI is InChI=1S/C22H19N3OS/c1-15-12-21-18(14-20(15)23-22(26)13-17-8-5-11-27-17)19(24-25-21)10-9-16-6-3-2-4-7-16/h2-12,14H,13H2,1H3,(H,23,26)(H,24,25)/b10-9+. The quantitative estimate of drug-likeness (QED) is 0.500. The first-order chi connectivity index (χ1) is 13.2. The minimum Gasteiger partial charge on any atom is -0.326 e. The Morgan fingerprint density at radius 1 is 1.15 bits per heavy atom. The zero-order chi connectivity index (χ0) is 18.6. The zero-order valence-electron chi connectivity index (χ0n) is 14.9. The molecule has 2 aromatic heterocycles. The normalized spacial score (nSPS) is 11.3. The van der Waals surface area contributed by atoms with Gasteiger partial charge in [0.1, 0.15) is 0 Å². The SMILES string of the molecule is Cc1cc2[nH]nc(/C=C/c3ccccc3)c2cc1NC(=O)Cc1cccs1. The average Bonchev–Trinajstić information content (AvgIpc) is 3.31. The number of aromatic amines is 1. The van der Waals surface area contributed by atoms with Crippen molar-refractivity contribution in [3.8, 4) is 0 Å². The van der Waals surface area contributed by atoms with Gasteiger partial charge in [-0.25, -0.2) is 0 Å². The lowest BCUT2D eigenvalue weighted by Crippen LogP contribution is -2.14. The Morgan fingerprint density at radius 2 is 2.00 bits per heavy atom. The summed E-state index contributed by atoms with van der Waals surface area (Å²) in [5, 5.41) is 13.5. The van der Waals surface area contributed by atoms with Crippen LogP contribution in [0.15, 0.2) is 60.0 Å². The summed E-state index contributed by atoms with van der Waals surface area (Å²) in [7, 11) is 0. The first-order valence-electron chi connectivity index (χ1n) is 8.73. The summed E-state index contributed by atoms with van der Waals surface area (Å²) in [6.45, 7) is 1.99. The van der Waals surface area contributed by atoms with Crippen LogP contribution in [0.3, 0.4) is 0 Å². The van der Waals surface area contributed by atoms with E-state index in [-0.39, 0.29) is 5.91 Å². The average molecular weight is 373 g/mol. The molecule has 2 heterocycles. The van der Waals surface area contributed by atoms with Crippen LogP contribution in [0.5, 0.6) is 0 Å². The van der Waals surface area contributed by atoms with Gasteiger partial charge in [-0.2, -0.15) is 5.10 Å². The van der Waals surface area contributed by atoms with Gasteiger partial charge in [-0.1, -0.05) is 42.5 Å². The summed E-state index contributed by atoms with van der Waals surface area (Å²) in [6, 6.07) is 18.0. The summed E-state index contributed by atoms with van der Waals surface area (Å²) in [5.41, 5.74) is 4.74. The van der Waals surface area contributed by atoms with Gasteiger partial charge < -0.3 is 5.32 Å².